The fourth-order valence-electron chi connectivity index (χ4n) is 2.52. The first-order valence-corrected chi connectivity index (χ1v) is 8.10. The van der Waals surface area contributed by atoms with Crippen molar-refractivity contribution < 1.29 is 14.3 Å². The van der Waals surface area contributed by atoms with Gasteiger partial charge in [-0.2, -0.15) is 0 Å². The van der Waals surface area contributed by atoms with Crippen molar-refractivity contribution in [3.05, 3.63) is 59.1 Å². The lowest BCUT2D eigenvalue weighted by molar-refractivity contribution is -0.124. The maximum absolute atomic E-state index is 12.5. The van der Waals surface area contributed by atoms with Gasteiger partial charge in [-0.15, -0.1) is 0 Å². The van der Waals surface area contributed by atoms with Gasteiger partial charge in [0, 0.05) is 17.3 Å². The molecule has 0 radical (unpaired) electrons. The van der Waals surface area contributed by atoms with E-state index in [1.54, 1.807) is 48.5 Å². The third-order valence-electron chi connectivity index (χ3n) is 3.75. The third-order valence-corrected chi connectivity index (χ3v) is 4.01. The number of benzene rings is 2. The maximum Gasteiger partial charge on any atom is 0.257 e. The molecule has 1 saturated heterocycles. The van der Waals surface area contributed by atoms with E-state index in [4.69, 9.17) is 16.3 Å². The molecule has 1 unspecified atom stereocenters. The van der Waals surface area contributed by atoms with E-state index in [9.17, 15) is 9.59 Å². The molecule has 2 aromatic carbocycles. The van der Waals surface area contributed by atoms with E-state index < -0.39 is 6.10 Å². The Labute approximate surface area is 145 Å². The van der Waals surface area contributed by atoms with E-state index in [1.165, 1.54) is 0 Å². The smallest absolute Gasteiger partial charge is 0.257 e. The molecule has 2 amide bonds. The zero-order chi connectivity index (χ0) is 16.9. The van der Waals surface area contributed by atoms with Crippen LogP contribution in [-0.4, -0.2) is 24.5 Å². The Morgan fingerprint density at radius 2 is 1.79 bits per heavy atom. The Morgan fingerprint density at radius 3 is 2.50 bits per heavy atom. The molecule has 6 heteroatoms. The topological polar surface area (TPSA) is 67.4 Å². The standard InChI is InChI=1S/C18H17ClN2O3/c19-12-7-9-13(10-8-12)20-17(22)14-4-1-2-5-15(14)21-18(23)16-6-3-11-24-16/h1-2,4-5,7-10,16H,3,6,11H2,(H,20,22)(H,21,23). The zero-order valence-corrected chi connectivity index (χ0v) is 13.7. The molecule has 24 heavy (non-hydrogen) atoms. The average molecular weight is 345 g/mol. The lowest BCUT2D eigenvalue weighted by atomic mass is 10.1. The number of nitrogens with one attached hydrogen (secondary N) is 2. The monoisotopic (exact) mass is 344 g/mol. The summed E-state index contributed by atoms with van der Waals surface area (Å²) in [6, 6.07) is 13.7. The van der Waals surface area contributed by atoms with Crippen molar-refractivity contribution in [1.82, 2.24) is 0 Å². The fraction of sp³-hybridized carbons (Fsp3) is 0.222. The van der Waals surface area contributed by atoms with Gasteiger partial charge in [-0.05, 0) is 49.2 Å². The summed E-state index contributed by atoms with van der Waals surface area (Å²) in [5.74, 6) is -0.528. The molecule has 0 aromatic heterocycles. The third kappa shape index (κ3) is 3.93. The molecule has 3 rings (SSSR count). The molecule has 124 valence electrons. The number of amides is 2. The van der Waals surface area contributed by atoms with Gasteiger partial charge in [0.25, 0.3) is 11.8 Å². The van der Waals surface area contributed by atoms with Crippen LogP contribution in [0.15, 0.2) is 48.5 Å². The molecule has 5 nitrogen and oxygen atoms in total. The van der Waals surface area contributed by atoms with E-state index in [-0.39, 0.29) is 11.8 Å². The van der Waals surface area contributed by atoms with Gasteiger partial charge < -0.3 is 15.4 Å². The predicted molar refractivity (Wildman–Crippen MR) is 93.5 cm³/mol. The van der Waals surface area contributed by atoms with Gasteiger partial charge in [0.1, 0.15) is 6.10 Å². The summed E-state index contributed by atoms with van der Waals surface area (Å²) in [5.41, 5.74) is 1.48. The lowest BCUT2D eigenvalue weighted by Crippen LogP contribution is -2.28. The van der Waals surface area contributed by atoms with E-state index in [2.05, 4.69) is 10.6 Å². The van der Waals surface area contributed by atoms with Gasteiger partial charge in [0.15, 0.2) is 0 Å². The number of ether oxygens (including phenoxy) is 1. The average Bonchev–Trinajstić information content (AvgIpc) is 3.12. The molecule has 1 aliphatic heterocycles. The SMILES string of the molecule is O=C(Nc1ccc(Cl)cc1)c1ccccc1NC(=O)C1CCCO1. The van der Waals surface area contributed by atoms with Crippen LogP contribution in [0.2, 0.25) is 5.02 Å². The molecular weight excluding hydrogens is 328 g/mol. The highest BCUT2D eigenvalue weighted by Gasteiger charge is 2.24. The van der Waals surface area contributed by atoms with Gasteiger partial charge in [-0.25, -0.2) is 0 Å². The second-order valence-corrected chi connectivity index (χ2v) is 5.93. The molecule has 2 N–H and O–H groups in total. The van der Waals surface area contributed by atoms with Crippen molar-refractivity contribution in [1.29, 1.82) is 0 Å². The Bertz CT molecular complexity index is 740. The van der Waals surface area contributed by atoms with Gasteiger partial charge in [0.2, 0.25) is 0 Å². The van der Waals surface area contributed by atoms with Crippen LogP contribution in [-0.2, 0) is 9.53 Å². The van der Waals surface area contributed by atoms with Crippen molar-refractivity contribution >= 4 is 34.8 Å². The lowest BCUT2D eigenvalue weighted by Gasteiger charge is -2.14. The Balaban J connectivity index is 1.74. The number of anilines is 2. The van der Waals surface area contributed by atoms with Crippen LogP contribution in [0.1, 0.15) is 23.2 Å². The van der Waals surface area contributed by atoms with E-state index in [1.807, 2.05) is 0 Å². The molecule has 0 spiro atoms. The van der Waals surface area contributed by atoms with Crippen LogP contribution < -0.4 is 10.6 Å². The first kappa shape index (κ1) is 16.5. The van der Waals surface area contributed by atoms with E-state index >= 15 is 0 Å². The van der Waals surface area contributed by atoms with Crippen LogP contribution in [0.4, 0.5) is 11.4 Å². The number of hydrogen-bond acceptors (Lipinski definition) is 3. The number of rotatable bonds is 4. The maximum atomic E-state index is 12.5. The van der Waals surface area contributed by atoms with Gasteiger partial charge in [-0.1, -0.05) is 23.7 Å². The second kappa shape index (κ2) is 7.47. The second-order valence-electron chi connectivity index (χ2n) is 5.50. The van der Waals surface area contributed by atoms with E-state index in [0.717, 1.165) is 6.42 Å². The zero-order valence-electron chi connectivity index (χ0n) is 12.9. The Hall–Kier alpha value is -2.37. The first-order chi connectivity index (χ1) is 11.6. The number of halogens is 1. The number of para-hydroxylation sites is 1. The largest absolute Gasteiger partial charge is 0.368 e. The van der Waals surface area contributed by atoms with Crippen LogP contribution in [0.5, 0.6) is 0 Å². The Morgan fingerprint density at radius 1 is 1.04 bits per heavy atom. The molecule has 0 aliphatic carbocycles. The van der Waals surface area contributed by atoms with Crippen LogP contribution in [0.3, 0.4) is 0 Å². The van der Waals surface area contributed by atoms with Crippen molar-refractivity contribution in [2.24, 2.45) is 0 Å². The molecular formula is C18H17ClN2O3. The fourth-order valence-corrected chi connectivity index (χ4v) is 2.65. The van der Waals surface area contributed by atoms with Crippen molar-refractivity contribution in [2.75, 3.05) is 17.2 Å². The minimum absolute atomic E-state index is 0.223. The first-order valence-electron chi connectivity index (χ1n) is 7.72. The number of hydrogen-bond donors (Lipinski definition) is 2. The molecule has 1 heterocycles. The minimum Gasteiger partial charge on any atom is -0.368 e. The van der Waals surface area contributed by atoms with Crippen molar-refractivity contribution in [2.45, 2.75) is 18.9 Å². The molecule has 2 aromatic rings. The van der Waals surface area contributed by atoms with Crippen LogP contribution in [0.25, 0.3) is 0 Å². The number of carbonyl (C=O) groups is 2. The molecule has 1 atom stereocenters. The van der Waals surface area contributed by atoms with E-state index in [0.29, 0.717) is 35.0 Å². The summed E-state index contributed by atoms with van der Waals surface area (Å²) in [4.78, 5) is 24.7. The highest BCUT2D eigenvalue weighted by Crippen LogP contribution is 2.20. The number of carbonyl (C=O) groups excluding carboxylic acids is 2. The molecule has 1 aliphatic rings. The minimum atomic E-state index is -0.447. The highest BCUT2D eigenvalue weighted by molar-refractivity contribution is 6.30. The van der Waals surface area contributed by atoms with Crippen LogP contribution >= 0.6 is 11.6 Å². The summed E-state index contributed by atoms with van der Waals surface area (Å²) >= 11 is 5.84. The summed E-state index contributed by atoms with van der Waals surface area (Å²) in [7, 11) is 0. The quantitative estimate of drug-likeness (QED) is 0.888. The van der Waals surface area contributed by atoms with Crippen LogP contribution in [0, 0.1) is 0 Å². The molecule has 0 bridgehead atoms. The summed E-state index contributed by atoms with van der Waals surface area (Å²) in [6.07, 6.45) is 1.12. The Kier molecular flexibility index (Phi) is 5.13. The summed E-state index contributed by atoms with van der Waals surface area (Å²) < 4.78 is 5.37. The van der Waals surface area contributed by atoms with Crippen molar-refractivity contribution in [3.63, 3.8) is 0 Å². The van der Waals surface area contributed by atoms with Crippen molar-refractivity contribution in [3.8, 4) is 0 Å². The predicted octanol–water partition coefficient (Wildman–Crippen LogP) is 3.71. The summed E-state index contributed by atoms with van der Waals surface area (Å²) in [5, 5.41) is 6.17. The van der Waals surface area contributed by atoms with Gasteiger partial charge in [-0.3, -0.25) is 9.59 Å². The highest BCUT2D eigenvalue weighted by atomic mass is 35.5. The van der Waals surface area contributed by atoms with Gasteiger partial charge in [0.05, 0.1) is 11.3 Å². The normalized spacial score (nSPS) is 16.6. The summed E-state index contributed by atoms with van der Waals surface area (Å²) in [6.45, 7) is 0.594. The molecule has 0 saturated carbocycles. The molecule has 1 fully saturated rings. The van der Waals surface area contributed by atoms with Gasteiger partial charge >= 0.3 is 0 Å².